The largest absolute Gasteiger partial charge is 0.486 e. The van der Waals surface area contributed by atoms with Crippen LogP contribution in [0.25, 0.3) is 55.7 Å². The fourth-order valence-electron chi connectivity index (χ4n) is 6.18. The second-order valence-electron chi connectivity index (χ2n) is 15.3. The number of benzene rings is 3. The molecule has 4 aromatic heterocycles. The van der Waals surface area contributed by atoms with E-state index in [0.717, 1.165) is 55.7 Å². The molecule has 0 N–H and O–H groups in total. The second kappa shape index (κ2) is 14.1. The monoisotopic (exact) mass is 843 g/mol. The molecule has 5 nitrogen and oxygen atoms in total. The number of nitrogens with zero attached hydrogens (tertiary/aromatic N) is 4. The smallest absolute Gasteiger partial charge is 0.216 e. The van der Waals surface area contributed by atoms with Crippen LogP contribution >= 0.6 is 0 Å². The van der Waals surface area contributed by atoms with E-state index in [1.165, 1.54) is 10.8 Å². The SMILES string of the molecule is CC(C)c1cc(-c2[c-]cccc2)ncc1[Si](C)(C)C.CC(C)n1c(-c2[c-]cc3oc4nc(C(C)(C)C)ccc4c3c2)nc2ccccc21.[Ir]. The van der Waals surface area contributed by atoms with E-state index in [0.29, 0.717) is 17.7 Å². The minimum Gasteiger partial charge on any atom is -0.486 e. The first-order valence-corrected chi connectivity index (χ1v) is 20.4. The number of aromatic nitrogens is 4. The van der Waals surface area contributed by atoms with E-state index in [1.54, 1.807) is 0 Å². The van der Waals surface area contributed by atoms with E-state index >= 15 is 0 Å². The van der Waals surface area contributed by atoms with E-state index in [-0.39, 0.29) is 25.5 Å². The Kier molecular flexibility index (Phi) is 10.5. The first-order chi connectivity index (χ1) is 22.7. The molecule has 0 amide bonds. The molecule has 3 aromatic carbocycles. The molecule has 0 fully saturated rings. The normalized spacial score (nSPS) is 12.1. The molecule has 7 rings (SSSR count). The number of hydrogen-bond acceptors (Lipinski definition) is 4. The molecule has 49 heavy (non-hydrogen) atoms. The van der Waals surface area contributed by atoms with E-state index in [1.807, 2.05) is 30.3 Å². The molecule has 0 aliphatic carbocycles. The zero-order valence-electron chi connectivity index (χ0n) is 30.3. The van der Waals surface area contributed by atoms with Gasteiger partial charge in [-0.15, -0.1) is 59.7 Å². The average Bonchev–Trinajstić information content (AvgIpc) is 3.62. The van der Waals surface area contributed by atoms with Gasteiger partial charge in [-0.1, -0.05) is 83.4 Å². The molecular formula is C42H46IrN4OSi-2. The standard InChI is InChI=1S/C25H24N3O.C17H22NSi.Ir/c1-15(2)28-20-9-7-6-8-19(20)26-23(28)16-10-12-21-18(14-16)17-11-13-22(25(3,4)5)27-24(17)29-21;1-13(2)15-11-16(14-9-7-6-8-10-14)18-12-17(15)19(3,4)5;/h6-9,11-15H,1-5H3;6-9,11-13H,1-5H3;/q2*-1;. The Morgan fingerprint density at radius 1 is 0.816 bits per heavy atom. The van der Waals surface area contributed by atoms with E-state index in [2.05, 4.69) is 145 Å². The van der Waals surface area contributed by atoms with Crippen LogP contribution in [0.3, 0.4) is 0 Å². The van der Waals surface area contributed by atoms with E-state index in [4.69, 9.17) is 14.4 Å². The predicted molar refractivity (Wildman–Crippen MR) is 204 cm³/mol. The van der Waals surface area contributed by atoms with Crippen LogP contribution in [0.15, 0.2) is 89.5 Å². The van der Waals surface area contributed by atoms with Crippen LogP contribution in [0.4, 0.5) is 0 Å². The summed E-state index contributed by atoms with van der Waals surface area (Å²) in [5.41, 5.74) is 9.13. The van der Waals surface area contributed by atoms with Gasteiger partial charge in [0.05, 0.1) is 30.5 Å². The topological polar surface area (TPSA) is 56.7 Å². The van der Waals surface area contributed by atoms with Gasteiger partial charge >= 0.3 is 0 Å². The van der Waals surface area contributed by atoms with Gasteiger partial charge in [0, 0.05) is 48.8 Å². The van der Waals surface area contributed by atoms with E-state index < -0.39 is 8.07 Å². The summed E-state index contributed by atoms with van der Waals surface area (Å²) in [5.74, 6) is 1.46. The third kappa shape index (κ3) is 7.50. The maximum absolute atomic E-state index is 6.05. The van der Waals surface area contributed by atoms with Gasteiger partial charge in [-0.05, 0) is 54.9 Å². The third-order valence-corrected chi connectivity index (χ3v) is 10.8. The minimum atomic E-state index is -1.34. The Bertz CT molecular complexity index is 2220. The fraction of sp³-hybridized carbons (Fsp3) is 0.310. The summed E-state index contributed by atoms with van der Waals surface area (Å²) < 4.78 is 8.32. The summed E-state index contributed by atoms with van der Waals surface area (Å²) in [6, 6.07) is 33.7. The Balaban J connectivity index is 0.000000205. The molecule has 7 aromatic rings. The summed E-state index contributed by atoms with van der Waals surface area (Å²) in [7, 11) is -1.34. The molecule has 1 radical (unpaired) electrons. The van der Waals surface area contributed by atoms with Gasteiger partial charge in [-0.25, -0.2) is 4.98 Å². The summed E-state index contributed by atoms with van der Waals surface area (Å²) in [5, 5.41) is 3.54. The van der Waals surface area contributed by atoms with Crippen LogP contribution < -0.4 is 5.19 Å². The van der Waals surface area contributed by atoms with Crippen molar-refractivity contribution >= 4 is 46.4 Å². The molecular weight excluding hydrogens is 797 g/mol. The number of furan rings is 1. The van der Waals surface area contributed by atoms with Crippen LogP contribution in [0, 0.1) is 12.1 Å². The first kappa shape index (κ1) is 36.4. The van der Waals surface area contributed by atoms with Crippen molar-refractivity contribution in [2.45, 2.75) is 85.5 Å². The zero-order chi connectivity index (χ0) is 34.4. The number of fused-ring (bicyclic) bond motifs is 4. The number of rotatable bonds is 5. The molecule has 255 valence electrons. The summed E-state index contributed by atoms with van der Waals surface area (Å²) in [4.78, 5) is 14.3. The van der Waals surface area contributed by atoms with Crippen LogP contribution in [0.1, 0.15) is 71.7 Å². The summed E-state index contributed by atoms with van der Waals surface area (Å²) >= 11 is 0. The van der Waals surface area contributed by atoms with Gasteiger partial charge in [0.25, 0.3) is 0 Å². The maximum Gasteiger partial charge on any atom is 0.216 e. The van der Waals surface area contributed by atoms with Crippen molar-refractivity contribution in [3.8, 4) is 22.6 Å². The van der Waals surface area contributed by atoms with Crippen LogP contribution in [0.5, 0.6) is 0 Å². The first-order valence-electron chi connectivity index (χ1n) is 16.9. The van der Waals surface area contributed by atoms with Crippen LogP contribution in [0.2, 0.25) is 19.6 Å². The minimum absolute atomic E-state index is 0. The number of imidazole rings is 1. The summed E-state index contributed by atoms with van der Waals surface area (Å²) in [6.07, 6.45) is 2.09. The van der Waals surface area contributed by atoms with Gasteiger partial charge in [-0.3, -0.25) is 4.98 Å². The molecule has 0 aliphatic rings. The third-order valence-electron chi connectivity index (χ3n) is 8.74. The molecule has 0 aliphatic heterocycles. The van der Waals surface area contributed by atoms with Gasteiger partial charge in [-0.2, -0.15) is 0 Å². The maximum atomic E-state index is 6.05. The zero-order valence-corrected chi connectivity index (χ0v) is 33.7. The molecule has 0 bridgehead atoms. The molecule has 4 heterocycles. The predicted octanol–water partition coefficient (Wildman–Crippen LogP) is 10.9. The van der Waals surface area contributed by atoms with Crippen LogP contribution in [-0.2, 0) is 25.5 Å². The van der Waals surface area contributed by atoms with Crippen molar-refractivity contribution in [1.82, 2.24) is 19.5 Å². The molecule has 0 unspecified atom stereocenters. The fourth-order valence-corrected chi connectivity index (χ4v) is 7.86. The number of pyridine rings is 2. The Labute approximate surface area is 305 Å². The quantitative estimate of drug-likeness (QED) is 0.128. The van der Waals surface area contributed by atoms with Gasteiger partial charge in [0.2, 0.25) is 5.71 Å². The molecule has 0 saturated heterocycles. The van der Waals surface area contributed by atoms with Gasteiger partial charge in [0.1, 0.15) is 0 Å². The van der Waals surface area contributed by atoms with Crippen molar-refractivity contribution < 1.29 is 24.5 Å². The van der Waals surface area contributed by atoms with Gasteiger partial charge in [0.15, 0.2) is 0 Å². The van der Waals surface area contributed by atoms with Crippen molar-refractivity contribution in [2.24, 2.45) is 0 Å². The van der Waals surface area contributed by atoms with Crippen molar-refractivity contribution in [3.05, 3.63) is 108 Å². The van der Waals surface area contributed by atoms with E-state index in [9.17, 15) is 0 Å². The Hall–Kier alpha value is -3.90. The molecule has 0 spiro atoms. The van der Waals surface area contributed by atoms with Crippen LogP contribution in [-0.4, -0.2) is 27.6 Å². The molecule has 7 heteroatoms. The van der Waals surface area contributed by atoms with Crippen molar-refractivity contribution in [1.29, 1.82) is 0 Å². The second-order valence-corrected chi connectivity index (χ2v) is 20.3. The van der Waals surface area contributed by atoms with Crippen molar-refractivity contribution in [2.75, 3.05) is 0 Å². The Morgan fingerprint density at radius 3 is 2.20 bits per heavy atom. The Morgan fingerprint density at radius 2 is 1.55 bits per heavy atom. The molecule has 0 saturated carbocycles. The van der Waals surface area contributed by atoms with Crippen molar-refractivity contribution in [3.63, 3.8) is 0 Å². The average molecular weight is 843 g/mol. The number of para-hydroxylation sites is 2. The molecule has 0 atom stereocenters. The van der Waals surface area contributed by atoms with Gasteiger partial charge < -0.3 is 14.0 Å². The summed E-state index contributed by atoms with van der Waals surface area (Å²) in [6.45, 7) is 22.5. The number of hydrogen-bond donors (Lipinski definition) is 0.